The van der Waals surface area contributed by atoms with E-state index in [1.54, 1.807) is 31.4 Å². The van der Waals surface area contributed by atoms with Gasteiger partial charge in [-0.05, 0) is 54.3 Å². The molecule has 0 radical (unpaired) electrons. The summed E-state index contributed by atoms with van der Waals surface area (Å²) in [7, 11) is 1.60. The number of nitrogens with zero attached hydrogens (tertiary/aromatic N) is 3. The third-order valence-corrected chi connectivity index (χ3v) is 6.30. The van der Waals surface area contributed by atoms with E-state index in [2.05, 4.69) is 23.9 Å². The highest BCUT2D eigenvalue weighted by Crippen LogP contribution is 2.30. The molecule has 0 bridgehead atoms. The second-order valence-corrected chi connectivity index (χ2v) is 9.46. The summed E-state index contributed by atoms with van der Waals surface area (Å²) in [4.78, 5) is 17.8. The van der Waals surface area contributed by atoms with Crippen LogP contribution in [0.1, 0.15) is 25.8 Å². The second kappa shape index (κ2) is 9.48. The van der Waals surface area contributed by atoms with Crippen LogP contribution in [0.5, 0.6) is 11.5 Å². The van der Waals surface area contributed by atoms with Gasteiger partial charge in [0.15, 0.2) is 17.3 Å². The van der Waals surface area contributed by atoms with Crippen molar-refractivity contribution in [1.29, 1.82) is 0 Å². The molecule has 2 aromatic carbocycles. The van der Waals surface area contributed by atoms with Gasteiger partial charge in [-0.15, -0.1) is 5.10 Å². The number of fused-ring (bicyclic) bond motifs is 1. The van der Waals surface area contributed by atoms with Gasteiger partial charge in [0.25, 0.3) is 5.56 Å². The summed E-state index contributed by atoms with van der Waals surface area (Å²) in [6, 6.07) is 10.7. The van der Waals surface area contributed by atoms with E-state index in [-0.39, 0.29) is 5.56 Å². The van der Waals surface area contributed by atoms with Gasteiger partial charge in [0, 0.05) is 10.6 Å². The topological polar surface area (TPSA) is 65.7 Å². The van der Waals surface area contributed by atoms with Crippen molar-refractivity contribution in [3.63, 3.8) is 0 Å². The van der Waals surface area contributed by atoms with Crippen LogP contribution in [0, 0.1) is 5.92 Å². The molecule has 0 saturated carbocycles. The molecule has 0 aliphatic rings. The van der Waals surface area contributed by atoms with Crippen molar-refractivity contribution < 1.29 is 9.47 Å². The van der Waals surface area contributed by atoms with E-state index in [9.17, 15) is 4.79 Å². The van der Waals surface area contributed by atoms with E-state index in [1.807, 2.05) is 18.2 Å². The highest BCUT2D eigenvalue weighted by Gasteiger charge is 2.15. The van der Waals surface area contributed by atoms with Crippen molar-refractivity contribution >= 4 is 45.6 Å². The van der Waals surface area contributed by atoms with E-state index in [1.165, 1.54) is 15.9 Å². The first-order chi connectivity index (χ1) is 15.4. The monoisotopic (exact) mass is 489 g/mol. The largest absolute Gasteiger partial charge is 0.493 e. The summed E-state index contributed by atoms with van der Waals surface area (Å²) in [6.45, 7) is 4.92. The number of aromatic nitrogens is 3. The Bertz CT molecular complexity index is 1380. The Hall–Kier alpha value is -2.61. The molecule has 6 nitrogen and oxygen atoms in total. The molecule has 0 N–H and O–H groups in total. The molecule has 4 aromatic rings. The van der Waals surface area contributed by atoms with Gasteiger partial charge in [0.05, 0.1) is 23.3 Å². The number of rotatable bonds is 7. The molecule has 0 atom stereocenters. The first kappa shape index (κ1) is 22.6. The Balaban J connectivity index is 1.65. The Morgan fingerprint density at radius 3 is 2.66 bits per heavy atom. The Morgan fingerprint density at radius 2 is 1.97 bits per heavy atom. The van der Waals surface area contributed by atoms with Crippen molar-refractivity contribution in [3.05, 3.63) is 66.9 Å². The molecule has 9 heteroatoms. The number of benzene rings is 2. The van der Waals surface area contributed by atoms with Crippen LogP contribution in [0.3, 0.4) is 0 Å². The van der Waals surface area contributed by atoms with E-state index in [0.29, 0.717) is 55.0 Å². The number of thiazole rings is 1. The molecule has 166 valence electrons. The first-order valence-corrected chi connectivity index (χ1v) is 11.6. The molecule has 0 amide bonds. The molecule has 2 aromatic heterocycles. The molecule has 0 aliphatic carbocycles. The Morgan fingerprint density at radius 1 is 1.16 bits per heavy atom. The quantitative estimate of drug-likeness (QED) is 0.361. The average molecular weight is 490 g/mol. The molecule has 0 unspecified atom stereocenters. The summed E-state index contributed by atoms with van der Waals surface area (Å²) in [5.41, 5.74) is 1.19. The van der Waals surface area contributed by atoms with Crippen LogP contribution in [-0.2, 0) is 0 Å². The highest BCUT2D eigenvalue weighted by molar-refractivity contribution is 7.15. The Labute approximate surface area is 199 Å². The number of ether oxygens (including phenoxy) is 2. The molecule has 0 fully saturated rings. The van der Waals surface area contributed by atoms with Gasteiger partial charge in [-0.2, -0.15) is 9.50 Å². The molecule has 32 heavy (non-hydrogen) atoms. The normalized spacial score (nSPS) is 12.1. The molecule has 4 rings (SSSR count). The van der Waals surface area contributed by atoms with Gasteiger partial charge < -0.3 is 9.47 Å². The summed E-state index contributed by atoms with van der Waals surface area (Å²) < 4.78 is 13.1. The van der Waals surface area contributed by atoms with Crippen molar-refractivity contribution in [3.8, 4) is 22.9 Å². The molecule has 0 saturated heterocycles. The highest BCUT2D eigenvalue weighted by atomic mass is 35.5. The smallest absolute Gasteiger partial charge is 0.291 e. The lowest BCUT2D eigenvalue weighted by atomic mass is 10.1. The fourth-order valence-corrected chi connectivity index (χ4v) is 4.47. The molecule has 0 spiro atoms. The Kier molecular flexibility index (Phi) is 6.69. The minimum atomic E-state index is -0.245. The van der Waals surface area contributed by atoms with Gasteiger partial charge in [0.1, 0.15) is 0 Å². The lowest BCUT2D eigenvalue weighted by Gasteiger charge is -2.12. The van der Waals surface area contributed by atoms with Crippen LogP contribution < -0.4 is 19.6 Å². The van der Waals surface area contributed by atoms with Crippen LogP contribution in [0.4, 0.5) is 0 Å². The van der Waals surface area contributed by atoms with E-state index in [4.69, 9.17) is 32.7 Å². The van der Waals surface area contributed by atoms with Crippen molar-refractivity contribution in [2.75, 3.05) is 13.7 Å². The molecular formula is C23H21Cl2N3O3S. The fraction of sp³-hybridized carbons (Fsp3) is 0.261. The van der Waals surface area contributed by atoms with Gasteiger partial charge in [-0.25, -0.2) is 0 Å². The van der Waals surface area contributed by atoms with Crippen LogP contribution >= 0.6 is 34.5 Å². The van der Waals surface area contributed by atoms with E-state index < -0.39 is 0 Å². The predicted octanol–water partition coefficient (Wildman–Crippen LogP) is 5.11. The summed E-state index contributed by atoms with van der Waals surface area (Å²) in [6.07, 6.45) is 2.75. The van der Waals surface area contributed by atoms with Gasteiger partial charge in [-0.3, -0.25) is 4.79 Å². The van der Waals surface area contributed by atoms with Crippen LogP contribution in [-0.4, -0.2) is 28.3 Å². The molecule has 0 aliphatic heterocycles. The zero-order valence-corrected chi connectivity index (χ0v) is 20.1. The SMILES string of the molecule is COc1cc(/C=c2/sc3nc(-c4ccc(Cl)cc4Cl)nn3c2=O)ccc1OCCC(C)C. The van der Waals surface area contributed by atoms with E-state index in [0.717, 1.165) is 12.0 Å². The number of halogens is 2. The zero-order chi connectivity index (χ0) is 22.8. The third kappa shape index (κ3) is 4.75. The second-order valence-electron chi connectivity index (χ2n) is 7.61. The summed E-state index contributed by atoms with van der Waals surface area (Å²) >= 11 is 13.5. The van der Waals surface area contributed by atoms with Crippen molar-refractivity contribution in [2.45, 2.75) is 20.3 Å². The lowest BCUT2D eigenvalue weighted by molar-refractivity contribution is 0.273. The number of hydrogen-bond donors (Lipinski definition) is 0. The predicted molar refractivity (Wildman–Crippen MR) is 129 cm³/mol. The van der Waals surface area contributed by atoms with Crippen molar-refractivity contribution in [2.24, 2.45) is 5.92 Å². The number of methoxy groups -OCH3 is 1. The van der Waals surface area contributed by atoms with Crippen molar-refractivity contribution in [1.82, 2.24) is 14.6 Å². The van der Waals surface area contributed by atoms with Crippen LogP contribution in [0.15, 0.2) is 41.2 Å². The van der Waals surface area contributed by atoms with Gasteiger partial charge >= 0.3 is 0 Å². The minimum absolute atomic E-state index is 0.245. The van der Waals surface area contributed by atoms with Gasteiger partial charge in [-0.1, -0.05) is 54.5 Å². The first-order valence-electron chi connectivity index (χ1n) is 10.0. The van der Waals surface area contributed by atoms with E-state index >= 15 is 0 Å². The zero-order valence-electron chi connectivity index (χ0n) is 17.8. The molecular weight excluding hydrogens is 469 g/mol. The summed E-state index contributed by atoms with van der Waals surface area (Å²) in [5.74, 6) is 2.24. The lowest BCUT2D eigenvalue weighted by Crippen LogP contribution is -2.23. The minimum Gasteiger partial charge on any atom is -0.493 e. The number of hydrogen-bond acceptors (Lipinski definition) is 6. The van der Waals surface area contributed by atoms with Crippen LogP contribution in [0.2, 0.25) is 10.0 Å². The summed E-state index contributed by atoms with van der Waals surface area (Å²) in [5, 5.41) is 5.29. The third-order valence-electron chi connectivity index (χ3n) is 4.79. The van der Waals surface area contributed by atoms with Crippen LogP contribution in [0.25, 0.3) is 22.4 Å². The maximum Gasteiger partial charge on any atom is 0.291 e. The maximum absolute atomic E-state index is 12.9. The fourth-order valence-electron chi connectivity index (χ4n) is 3.07. The van der Waals surface area contributed by atoms with Gasteiger partial charge in [0.2, 0.25) is 4.96 Å². The maximum atomic E-state index is 12.9. The standard InChI is InChI=1S/C23H21Cl2N3O3S/c1-13(2)8-9-31-18-7-4-14(10-19(18)30-3)11-20-22(29)28-23(32-20)26-21(27-28)16-6-5-15(24)12-17(16)25/h4-7,10-13H,8-9H2,1-3H3/b20-11+. The average Bonchev–Trinajstić information content (AvgIpc) is 3.28. The molecule has 2 heterocycles.